The summed E-state index contributed by atoms with van der Waals surface area (Å²) in [6, 6.07) is 0.625. The highest BCUT2D eigenvalue weighted by Gasteiger charge is 2.10. The van der Waals surface area contributed by atoms with E-state index in [-0.39, 0.29) is 0 Å². The molecule has 0 amide bonds. The van der Waals surface area contributed by atoms with Gasteiger partial charge in [-0.15, -0.1) is 0 Å². The standard InChI is InChI=1S/C12H29N3/c1-11(2)9-12(10-15(5)6)13-7-8-14(3)4/h11-13H,7-10H2,1-6H3. The Morgan fingerprint density at radius 1 is 1.00 bits per heavy atom. The molecule has 0 spiro atoms. The minimum atomic E-state index is 0.625. The minimum Gasteiger partial charge on any atom is -0.311 e. The molecule has 15 heavy (non-hydrogen) atoms. The van der Waals surface area contributed by atoms with Gasteiger partial charge in [0.15, 0.2) is 0 Å². The predicted molar refractivity (Wildman–Crippen MR) is 68.4 cm³/mol. The second-order valence-corrected chi connectivity index (χ2v) is 5.35. The third-order valence-corrected chi connectivity index (χ3v) is 2.33. The number of hydrogen-bond donors (Lipinski definition) is 1. The predicted octanol–water partition coefficient (Wildman–Crippen LogP) is 1.11. The molecule has 1 atom stereocenters. The molecule has 0 aromatic heterocycles. The molecule has 0 radical (unpaired) electrons. The number of rotatable bonds is 8. The van der Waals surface area contributed by atoms with Gasteiger partial charge in [0.25, 0.3) is 0 Å². The lowest BCUT2D eigenvalue weighted by molar-refractivity contribution is 0.294. The van der Waals surface area contributed by atoms with Crippen molar-refractivity contribution >= 4 is 0 Å². The molecule has 92 valence electrons. The zero-order valence-electron chi connectivity index (χ0n) is 11.4. The Balaban J connectivity index is 3.79. The van der Waals surface area contributed by atoms with Crippen LogP contribution >= 0.6 is 0 Å². The molecule has 0 heterocycles. The summed E-state index contributed by atoms with van der Waals surface area (Å²) >= 11 is 0. The van der Waals surface area contributed by atoms with Crippen LogP contribution in [0.1, 0.15) is 20.3 Å². The maximum Gasteiger partial charge on any atom is 0.0197 e. The molecule has 0 aliphatic rings. The quantitative estimate of drug-likeness (QED) is 0.654. The maximum absolute atomic E-state index is 3.63. The molecule has 0 rings (SSSR count). The van der Waals surface area contributed by atoms with Gasteiger partial charge in [0.1, 0.15) is 0 Å². The van der Waals surface area contributed by atoms with Gasteiger partial charge in [-0.25, -0.2) is 0 Å². The molecule has 1 N–H and O–H groups in total. The summed E-state index contributed by atoms with van der Waals surface area (Å²) in [5, 5.41) is 3.63. The third-order valence-electron chi connectivity index (χ3n) is 2.33. The van der Waals surface area contributed by atoms with Crippen LogP contribution in [0, 0.1) is 5.92 Å². The largest absolute Gasteiger partial charge is 0.311 e. The Morgan fingerprint density at radius 3 is 2.00 bits per heavy atom. The average Bonchev–Trinajstić information content (AvgIpc) is 2.00. The molecular formula is C12H29N3. The second kappa shape index (κ2) is 8.08. The van der Waals surface area contributed by atoms with E-state index >= 15 is 0 Å². The normalized spacial score (nSPS) is 14.2. The van der Waals surface area contributed by atoms with Crippen molar-refractivity contribution in [3.63, 3.8) is 0 Å². The van der Waals surface area contributed by atoms with E-state index in [1.54, 1.807) is 0 Å². The van der Waals surface area contributed by atoms with E-state index in [4.69, 9.17) is 0 Å². The van der Waals surface area contributed by atoms with Crippen molar-refractivity contribution in [1.29, 1.82) is 0 Å². The van der Waals surface area contributed by atoms with Crippen LogP contribution in [0.3, 0.4) is 0 Å². The van der Waals surface area contributed by atoms with E-state index in [0.717, 1.165) is 25.6 Å². The molecule has 0 saturated carbocycles. The monoisotopic (exact) mass is 215 g/mol. The van der Waals surface area contributed by atoms with Gasteiger partial charge < -0.3 is 15.1 Å². The van der Waals surface area contributed by atoms with Crippen LogP contribution in [0.4, 0.5) is 0 Å². The van der Waals surface area contributed by atoms with Crippen molar-refractivity contribution in [3.8, 4) is 0 Å². The summed E-state index contributed by atoms with van der Waals surface area (Å²) in [4.78, 5) is 4.48. The molecule has 0 aliphatic carbocycles. The number of likely N-dealkylation sites (N-methyl/N-ethyl adjacent to an activating group) is 2. The van der Waals surface area contributed by atoms with Gasteiger partial charge >= 0.3 is 0 Å². The van der Waals surface area contributed by atoms with E-state index in [2.05, 4.69) is 57.2 Å². The molecule has 3 heteroatoms. The van der Waals surface area contributed by atoms with Crippen LogP contribution in [0.5, 0.6) is 0 Å². The Labute approximate surface area is 95.8 Å². The first-order valence-corrected chi connectivity index (χ1v) is 5.94. The zero-order valence-corrected chi connectivity index (χ0v) is 11.4. The molecule has 0 bridgehead atoms. The van der Waals surface area contributed by atoms with Crippen molar-refractivity contribution in [2.24, 2.45) is 5.92 Å². The highest BCUT2D eigenvalue weighted by Crippen LogP contribution is 2.05. The summed E-state index contributed by atoms with van der Waals surface area (Å²) in [6.45, 7) is 7.90. The van der Waals surface area contributed by atoms with Gasteiger partial charge in [-0.1, -0.05) is 13.8 Å². The van der Waals surface area contributed by atoms with Crippen molar-refractivity contribution in [1.82, 2.24) is 15.1 Å². The SMILES string of the molecule is CC(C)CC(CN(C)C)NCCN(C)C. The second-order valence-electron chi connectivity index (χ2n) is 5.35. The Morgan fingerprint density at radius 2 is 1.60 bits per heavy atom. The first kappa shape index (κ1) is 14.9. The van der Waals surface area contributed by atoms with Crippen molar-refractivity contribution in [2.75, 3.05) is 47.8 Å². The fourth-order valence-corrected chi connectivity index (χ4v) is 1.72. The highest BCUT2D eigenvalue weighted by molar-refractivity contribution is 4.71. The molecule has 0 aliphatic heterocycles. The van der Waals surface area contributed by atoms with Crippen LogP contribution in [0.15, 0.2) is 0 Å². The topological polar surface area (TPSA) is 18.5 Å². The Hall–Kier alpha value is -0.120. The van der Waals surface area contributed by atoms with E-state index in [1.807, 2.05) is 0 Å². The summed E-state index contributed by atoms with van der Waals surface area (Å²) in [7, 11) is 8.51. The lowest BCUT2D eigenvalue weighted by Crippen LogP contribution is -2.41. The van der Waals surface area contributed by atoms with Gasteiger partial charge in [-0.3, -0.25) is 0 Å². The highest BCUT2D eigenvalue weighted by atomic mass is 15.1. The average molecular weight is 215 g/mol. The summed E-state index contributed by atoms with van der Waals surface area (Å²) in [5.74, 6) is 0.766. The summed E-state index contributed by atoms with van der Waals surface area (Å²) < 4.78 is 0. The fourth-order valence-electron chi connectivity index (χ4n) is 1.72. The van der Waals surface area contributed by atoms with Gasteiger partial charge in [-0.2, -0.15) is 0 Å². The molecular weight excluding hydrogens is 186 g/mol. The van der Waals surface area contributed by atoms with Gasteiger partial charge in [0.2, 0.25) is 0 Å². The van der Waals surface area contributed by atoms with Crippen LogP contribution in [0.2, 0.25) is 0 Å². The number of hydrogen-bond acceptors (Lipinski definition) is 3. The molecule has 3 nitrogen and oxygen atoms in total. The van der Waals surface area contributed by atoms with Gasteiger partial charge in [0.05, 0.1) is 0 Å². The summed E-state index contributed by atoms with van der Waals surface area (Å²) in [6.07, 6.45) is 1.26. The van der Waals surface area contributed by atoms with Gasteiger partial charge in [-0.05, 0) is 40.5 Å². The smallest absolute Gasteiger partial charge is 0.0197 e. The van der Waals surface area contributed by atoms with Crippen molar-refractivity contribution < 1.29 is 0 Å². The van der Waals surface area contributed by atoms with Crippen LogP contribution in [-0.2, 0) is 0 Å². The maximum atomic E-state index is 3.63. The first-order valence-electron chi connectivity index (χ1n) is 5.94. The first-order chi connectivity index (χ1) is 6.91. The van der Waals surface area contributed by atoms with E-state index < -0.39 is 0 Å². The third kappa shape index (κ3) is 10.2. The van der Waals surface area contributed by atoms with E-state index in [0.29, 0.717) is 6.04 Å². The van der Waals surface area contributed by atoms with E-state index in [1.165, 1.54) is 6.42 Å². The van der Waals surface area contributed by atoms with Crippen LogP contribution < -0.4 is 5.32 Å². The number of nitrogens with one attached hydrogen (secondary N) is 1. The molecule has 0 saturated heterocycles. The molecule has 0 aromatic carbocycles. The van der Waals surface area contributed by atoms with Crippen LogP contribution in [-0.4, -0.2) is 63.7 Å². The number of nitrogens with zero attached hydrogens (tertiary/aromatic N) is 2. The lowest BCUT2D eigenvalue weighted by atomic mass is 10.0. The lowest BCUT2D eigenvalue weighted by Gasteiger charge is -2.24. The fraction of sp³-hybridized carbons (Fsp3) is 1.00. The van der Waals surface area contributed by atoms with Crippen molar-refractivity contribution in [3.05, 3.63) is 0 Å². The molecule has 0 fully saturated rings. The Bertz CT molecular complexity index is 134. The minimum absolute atomic E-state index is 0.625. The Kier molecular flexibility index (Phi) is 8.02. The van der Waals surface area contributed by atoms with Crippen LogP contribution in [0.25, 0.3) is 0 Å². The molecule has 0 aromatic rings. The summed E-state index contributed by atoms with van der Waals surface area (Å²) in [5.41, 5.74) is 0. The molecule has 1 unspecified atom stereocenters. The zero-order chi connectivity index (χ0) is 11.8. The van der Waals surface area contributed by atoms with Crippen molar-refractivity contribution in [2.45, 2.75) is 26.3 Å². The van der Waals surface area contributed by atoms with Gasteiger partial charge in [0, 0.05) is 25.7 Å². The van der Waals surface area contributed by atoms with E-state index in [9.17, 15) is 0 Å².